The Morgan fingerprint density at radius 2 is 1.96 bits per heavy atom. The van der Waals surface area contributed by atoms with E-state index < -0.39 is 11.5 Å². The van der Waals surface area contributed by atoms with Gasteiger partial charge in [0.1, 0.15) is 5.54 Å². The predicted molar refractivity (Wildman–Crippen MR) is 100 cm³/mol. The van der Waals surface area contributed by atoms with Gasteiger partial charge in [0, 0.05) is 23.4 Å². The Bertz CT molecular complexity index is 785. The van der Waals surface area contributed by atoms with E-state index in [1.807, 2.05) is 12.1 Å². The summed E-state index contributed by atoms with van der Waals surface area (Å²) in [6, 6.07) is 7.19. The van der Waals surface area contributed by atoms with Crippen LogP contribution < -0.4 is 5.32 Å². The van der Waals surface area contributed by atoms with Gasteiger partial charge < -0.3 is 14.8 Å². The van der Waals surface area contributed by atoms with Gasteiger partial charge in [0.2, 0.25) is 5.91 Å². The van der Waals surface area contributed by atoms with Crippen molar-refractivity contribution in [3.8, 4) is 11.3 Å². The zero-order valence-electron chi connectivity index (χ0n) is 14.0. The lowest BCUT2D eigenvalue weighted by Gasteiger charge is -2.33. The fourth-order valence-electron chi connectivity index (χ4n) is 2.84. The topological polar surface area (TPSA) is 92.4 Å². The number of nitrogens with one attached hydrogen (secondary N) is 1. The highest BCUT2D eigenvalue weighted by atomic mass is 35.5. The van der Waals surface area contributed by atoms with E-state index in [2.05, 4.69) is 10.3 Å². The maximum absolute atomic E-state index is 12.2. The summed E-state index contributed by atoms with van der Waals surface area (Å²) >= 11 is 7.57. The monoisotopic (exact) mass is 394 g/mol. The van der Waals surface area contributed by atoms with Crippen LogP contribution in [0.3, 0.4) is 0 Å². The second-order valence-corrected chi connectivity index (χ2v) is 7.83. The molecule has 138 valence electrons. The molecular weight excluding hydrogens is 376 g/mol. The molecule has 0 radical (unpaired) electrons. The molecule has 2 N–H and O–H groups in total. The quantitative estimate of drug-likeness (QED) is 0.780. The maximum atomic E-state index is 12.2. The van der Waals surface area contributed by atoms with Gasteiger partial charge in [-0.1, -0.05) is 11.6 Å². The Labute approximate surface area is 160 Å². The van der Waals surface area contributed by atoms with Crippen molar-refractivity contribution in [3.63, 3.8) is 0 Å². The normalized spacial score (nSPS) is 16.2. The molecule has 0 atom stereocenters. The number of benzene rings is 1. The van der Waals surface area contributed by atoms with Crippen molar-refractivity contribution in [1.82, 2.24) is 10.3 Å². The van der Waals surface area contributed by atoms with Crippen molar-refractivity contribution in [2.75, 3.05) is 11.5 Å². The van der Waals surface area contributed by atoms with E-state index in [1.165, 1.54) is 0 Å². The zero-order valence-corrected chi connectivity index (χ0v) is 15.6. The van der Waals surface area contributed by atoms with E-state index >= 15 is 0 Å². The first-order valence-corrected chi connectivity index (χ1v) is 9.85. The molecule has 1 aliphatic heterocycles. The molecule has 0 bridgehead atoms. The second kappa shape index (κ2) is 8.14. The fourth-order valence-corrected chi connectivity index (χ4v) is 4.15. The van der Waals surface area contributed by atoms with Crippen LogP contribution in [0.4, 0.5) is 0 Å². The highest BCUT2D eigenvalue weighted by molar-refractivity contribution is 7.99. The molecule has 1 aromatic carbocycles. The highest BCUT2D eigenvalue weighted by Gasteiger charge is 2.41. The van der Waals surface area contributed by atoms with E-state index in [0.29, 0.717) is 35.9 Å². The lowest BCUT2D eigenvalue weighted by atomic mass is 9.92. The van der Waals surface area contributed by atoms with E-state index in [0.717, 1.165) is 17.1 Å². The van der Waals surface area contributed by atoms with Crippen molar-refractivity contribution in [2.24, 2.45) is 0 Å². The molecule has 2 aromatic rings. The van der Waals surface area contributed by atoms with Gasteiger partial charge in [-0.25, -0.2) is 9.78 Å². The number of halogens is 1. The largest absolute Gasteiger partial charge is 0.480 e. The average Bonchev–Trinajstić information content (AvgIpc) is 3.10. The van der Waals surface area contributed by atoms with Crippen molar-refractivity contribution in [3.05, 3.63) is 41.4 Å². The number of oxazole rings is 1. The average molecular weight is 395 g/mol. The van der Waals surface area contributed by atoms with Gasteiger partial charge >= 0.3 is 5.97 Å². The number of carbonyl (C=O) groups is 2. The minimum absolute atomic E-state index is 0.128. The molecule has 6 nitrogen and oxygen atoms in total. The van der Waals surface area contributed by atoms with E-state index in [1.54, 1.807) is 30.1 Å². The maximum Gasteiger partial charge on any atom is 0.329 e. The van der Waals surface area contributed by atoms with Crippen molar-refractivity contribution >= 4 is 35.2 Å². The highest BCUT2D eigenvalue weighted by Crippen LogP contribution is 2.28. The summed E-state index contributed by atoms with van der Waals surface area (Å²) < 4.78 is 5.67. The van der Waals surface area contributed by atoms with Gasteiger partial charge in [-0.05, 0) is 48.6 Å². The Morgan fingerprint density at radius 3 is 2.62 bits per heavy atom. The van der Waals surface area contributed by atoms with Gasteiger partial charge in [-0.3, -0.25) is 4.79 Å². The minimum atomic E-state index is -1.15. The number of carbonyl (C=O) groups excluding carboxylic acids is 1. The Balaban J connectivity index is 1.58. The Kier molecular flexibility index (Phi) is 5.88. The lowest BCUT2D eigenvalue weighted by molar-refractivity contribution is -0.148. The number of thioether (sulfide) groups is 1. The zero-order chi connectivity index (χ0) is 18.6. The van der Waals surface area contributed by atoms with Gasteiger partial charge in [0.05, 0.1) is 6.20 Å². The molecule has 0 saturated carbocycles. The molecular formula is C18H19ClN2O4S. The summed E-state index contributed by atoms with van der Waals surface area (Å²) in [5, 5.41) is 12.9. The van der Waals surface area contributed by atoms with Crippen LogP contribution >= 0.6 is 23.4 Å². The summed E-state index contributed by atoms with van der Waals surface area (Å²) in [5.74, 6) is 1.24. The van der Waals surface area contributed by atoms with Crippen LogP contribution in [0.15, 0.2) is 34.9 Å². The number of amides is 1. The molecule has 0 unspecified atom stereocenters. The summed E-state index contributed by atoms with van der Waals surface area (Å²) in [6.45, 7) is 0. The SMILES string of the molecule is O=C(CCc1ncc(-c2ccc(Cl)cc2)o1)NC1(C(=O)O)CCSCC1. The standard InChI is InChI=1S/C18H19ClN2O4S/c19-13-3-1-12(2-4-13)14-11-20-16(25-14)6-5-15(22)21-18(17(23)24)7-9-26-10-8-18/h1-4,11H,5-10H2,(H,21,22)(H,23,24). The van der Waals surface area contributed by atoms with Crippen molar-refractivity contribution in [2.45, 2.75) is 31.2 Å². The molecule has 0 spiro atoms. The van der Waals surface area contributed by atoms with Crippen LogP contribution in [0.1, 0.15) is 25.2 Å². The number of nitrogens with zero attached hydrogens (tertiary/aromatic N) is 1. The molecule has 0 aliphatic carbocycles. The van der Waals surface area contributed by atoms with Crippen LogP contribution in [0.25, 0.3) is 11.3 Å². The van der Waals surface area contributed by atoms with Crippen LogP contribution in [0.5, 0.6) is 0 Å². The van der Waals surface area contributed by atoms with Crippen LogP contribution in [0.2, 0.25) is 5.02 Å². The third-order valence-electron chi connectivity index (χ3n) is 4.38. The third-order valence-corrected chi connectivity index (χ3v) is 5.62. The number of aryl methyl sites for hydroxylation is 1. The van der Waals surface area contributed by atoms with Gasteiger partial charge in [0.25, 0.3) is 0 Å². The number of aliphatic carboxylic acids is 1. The van der Waals surface area contributed by atoms with Gasteiger partial charge in [-0.15, -0.1) is 0 Å². The van der Waals surface area contributed by atoms with E-state index in [9.17, 15) is 14.7 Å². The van der Waals surface area contributed by atoms with E-state index in [-0.39, 0.29) is 12.3 Å². The molecule has 1 fully saturated rings. The van der Waals surface area contributed by atoms with Crippen molar-refractivity contribution in [1.29, 1.82) is 0 Å². The first-order valence-electron chi connectivity index (χ1n) is 8.31. The number of rotatable bonds is 6. The Morgan fingerprint density at radius 1 is 1.27 bits per heavy atom. The van der Waals surface area contributed by atoms with Crippen LogP contribution in [0, 0.1) is 0 Å². The fraction of sp³-hybridized carbons (Fsp3) is 0.389. The molecule has 3 rings (SSSR count). The third kappa shape index (κ3) is 4.40. The molecule has 1 saturated heterocycles. The molecule has 8 heteroatoms. The first-order chi connectivity index (χ1) is 12.5. The smallest absolute Gasteiger partial charge is 0.329 e. The molecule has 1 aromatic heterocycles. The van der Waals surface area contributed by atoms with Gasteiger partial charge in [-0.2, -0.15) is 11.8 Å². The van der Waals surface area contributed by atoms with Crippen molar-refractivity contribution < 1.29 is 19.1 Å². The molecule has 2 heterocycles. The molecule has 1 aliphatic rings. The summed E-state index contributed by atoms with van der Waals surface area (Å²) in [4.78, 5) is 28.0. The second-order valence-electron chi connectivity index (χ2n) is 6.17. The number of hydrogen-bond donors (Lipinski definition) is 2. The first kappa shape index (κ1) is 18.8. The predicted octanol–water partition coefficient (Wildman–Crippen LogP) is 3.39. The van der Waals surface area contributed by atoms with Crippen LogP contribution in [-0.4, -0.2) is 39.0 Å². The number of hydrogen-bond acceptors (Lipinski definition) is 5. The number of carboxylic acid groups (broad SMARTS) is 1. The molecule has 1 amide bonds. The summed E-state index contributed by atoms with van der Waals surface area (Å²) in [6.07, 6.45) is 2.93. The lowest BCUT2D eigenvalue weighted by Crippen LogP contribution is -2.56. The molecule has 26 heavy (non-hydrogen) atoms. The summed E-state index contributed by atoms with van der Waals surface area (Å²) in [7, 11) is 0. The number of carboxylic acids is 1. The minimum Gasteiger partial charge on any atom is -0.480 e. The Hall–Kier alpha value is -1.99. The number of aromatic nitrogens is 1. The van der Waals surface area contributed by atoms with Crippen LogP contribution in [-0.2, 0) is 16.0 Å². The summed E-state index contributed by atoms with van der Waals surface area (Å²) in [5.41, 5.74) is -0.296. The van der Waals surface area contributed by atoms with Gasteiger partial charge in [0.15, 0.2) is 11.7 Å². The van der Waals surface area contributed by atoms with E-state index in [4.69, 9.17) is 16.0 Å².